The second-order valence-electron chi connectivity index (χ2n) is 16.2. The van der Waals surface area contributed by atoms with E-state index >= 15 is 0 Å². The van der Waals surface area contributed by atoms with Crippen molar-refractivity contribution < 1.29 is 16.4 Å². The fraction of sp³-hybridized carbons (Fsp3) is 0. The van der Waals surface area contributed by atoms with E-state index in [4.69, 9.17) is 28.7 Å². The fourth-order valence-electron chi connectivity index (χ4n) is 9.00. The Bertz CT molecular complexity index is 4770. The summed E-state index contributed by atoms with van der Waals surface area (Å²) < 4.78 is 109. The summed E-state index contributed by atoms with van der Waals surface area (Å²) in [5.74, 6) is 0.687. The zero-order valence-electron chi connectivity index (χ0n) is 47.9. The van der Waals surface area contributed by atoms with Crippen LogP contribution in [0.3, 0.4) is 0 Å². The molecule has 10 aromatic carbocycles. The number of hydrogen-bond donors (Lipinski definition) is 0. The molecule has 0 unspecified atom stereocenters. The van der Waals surface area contributed by atoms with Crippen molar-refractivity contribution in [3.8, 4) is 84.4 Å². The molecule has 0 aliphatic heterocycles. The first-order chi connectivity index (χ1) is 38.6. The molecule has 0 aliphatic carbocycles. The van der Waals surface area contributed by atoms with Crippen LogP contribution in [0.15, 0.2) is 242 Å². The molecule has 68 heavy (non-hydrogen) atoms. The van der Waals surface area contributed by atoms with Gasteiger partial charge in [0.2, 0.25) is 0 Å². The van der Waals surface area contributed by atoms with Crippen molar-refractivity contribution >= 4 is 53.3 Å². The Morgan fingerprint density at radius 1 is 0.338 bits per heavy atom. The third-order valence-corrected chi connectivity index (χ3v) is 13.3. The smallest absolute Gasteiger partial charge is 0.166 e. The van der Waals surface area contributed by atoms with Gasteiger partial charge in [-0.1, -0.05) is 188 Å². The van der Waals surface area contributed by atoms with Crippen molar-refractivity contribution in [1.29, 1.82) is 0 Å². The number of hydrogen-bond acceptors (Lipinski definition) is 4. The van der Waals surface area contributed by atoms with Gasteiger partial charge in [-0.2, -0.15) is 0 Å². The van der Waals surface area contributed by atoms with Crippen LogP contribution in [0.5, 0.6) is 0 Å². The molecule has 3 aromatic heterocycles. The van der Waals surface area contributed by atoms with Crippen molar-refractivity contribution in [3.63, 3.8) is 0 Å². The summed E-state index contributed by atoms with van der Waals surface area (Å²) in [5.41, 5.74) is 9.40. The van der Waals surface area contributed by atoms with Gasteiger partial charge in [0.15, 0.2) is 17.5 Å². The van der Waals surface area contributed by atoms with Gasteiger partial charge in [0.05, 0.1) is 33.2 Å². The topological polar surface area (TPSA) is 43.6 Å². The van der Waals surface area contributed by atoms with Crippen LogP contribution in [0, 0.1) is 0 Å². The normalized spacial score (nSPS) is 14.0. The molecule has 0 amide bonds. The van der Waals surface area contributed by atoms with E-state index in [0.29, 0.717) is 53.7 Å². The summed E-state index contributed by atoms with van der Waals surface area (Å²) in [6.07, 6.45) is 0. The van der Waals surface area contributed by atoms with Crippen molar-refractivity contribution in [1.82, 2.24) is 19.5 Å². The van der Waals surface area contributed by atoms with Crippen LogP contribution < -0.4 is 0 Å². The van der Waals surface area contributed by atoms with E-state index in [1.54, 1.807) is 34.9 Å². The molecule has 0 saturated heterocycles. The molecule has 3 heterocycles. The van der Waals surface area contributed by atoms with Gasteiger partial charge in [-0.05, 0) is 99.0 Å². The molecule has 0 atom stereocenters. The third-order valence-electron chi connectivity index (χ3n) is 12.2. The number of aromatic nitrogens is 4. The Hall–Kier alpha value is -8.77. The minimum Gasteiger partial charge on any atom is -0.309 e. The highest BCUT2D eigenvalue weighted by Gasteiger charge is 2.20. The first kappa shape index (κ1) is 29.0. The molecule has 13 aromatic rings. The van der Waals surface area contributed by atoms with Gasteiger partial charge in [0.1, 0.15) is 0 Å². The van der Waals surface area contributed by atoms with Crippen LogP contribution in [0.4, 0.5) is 0 Å². The van der Waals surface area contributed by atoms with Crippen LogP contribution in [-0.2, 0) is 0 Å². The molecule has 0 aliphatic rings. The van der Waals surface area contributed by atoms with E-state index in [2.05, 4.69) is 48.5 Å². The minimum absolute atomic E-state index is 0.00657. The molecule has 0 fully saturated rings. The zero-order chi connectivity index (χ0) is 55.4. The SMILES string of the molecule is [2H]c1cc([2H])c2sc3c(-c4cccc(-c5nc(-c6cccc(-c7cccc(-c8cccc(-c9ccccc9)c8)c7)c6)nc(-c6ccccc6-n6c7c([2H])cc([2H])c([2H])c7c7c([2H])c([2H])c([2H])c([2H])c76)n5)c4)cc([2H])c([2H])c3c2c1[2H]. The summed E-state index contributed by atoms with van der Waals surface area (Å²) in [6, 6.07) is 50.5. The maximum absolute atomic E-state index is 9.27. The number of thiophene rings is 1. The van der Waals surface area contributed by atoms with Crippen LogP contribution >= 0.6 is 11.3 Å². The van der Waals surface area contributed by atoms with Gasteiger partial charge in [-0.15, -0.1) is 11.3 Å². The molecular weight excluding hydrogens is 845 g/mol. The molecule has 4 nitrogen and oxygen atoms in total. The quantitative estimate of drug-likeness (QED) is 0.153. The number of benzene rings is 10. The van der Waals surface area contributed by atoms with E-state index in [-0.39, 0.29) is 87.6 Å². The highest BCUT2D eigenvalue weighted by atomic mass is 32.1. The fourth-order valence-corrected chi connectivity index (χ4v) is 10.1. The monoisotopic (exact) mass is 896 g/mol. The van der Waals surface area contributed by atoms with Gasteiger partial charge in [0, 0.05) is 47.6 Å². The molecule has 0 bridgehead atoms. The zero-order valence-corrected chi connectivity index (χ0v) is 36.7. The van der Waals surface area contributed by atoms with Crippen LogP contribution in [0.2, 0.25) is 0 Å². The van der Waals surface area contributed by atoms with Gasteiger partial charge >= 0.3 is 0 Å². The Morgan fingerprint density at radius 2 is 0.838 bits per heavy atom. The van der Waals surface area contributed by atoms with Crippen molar-refractivity contribution in [2.45, 2.75) is 0 Å². The number of nitrogens with zero attached hydrogens (tertiary/aromatic N) is 4. The van der Waals surface area contributed by atoms with E-state index in [0.717, 1.165) is 33.4 Å². The van der Waals surface area contributed by atoms with Crippen LogP contribution in [0.25, 0.3) is 126 Å². The second kappa shape index (κ2) is 16.6. The molecule has 0 saturated carbocycles. The van der Waals surface area contributed by atoms with Crippen LogP contribution in [-0.4, -0.2) is 19.5 Å². The lowest BCUT2D eigenvalue weighted by Gasteiger charge is -2.15. The van der Waals surface area contributed by atoms with E-state index in [1.807, 2.05) is 78.9 Å². The molecule has 0 radical (unpaired) electrons. The summed E-state index contributed by atoms with van der Waals surface area (Å²) in [4.78, 5) is 15.5. The molecule has 0 spiro atoms. The Kier molecular flexibility index (Phi) is 7.07. The standard InChI is InChI=1S/C63H40N4S/c1-2-17-41(18-3-1)42-19-12-20-43(37-42)44-21-13-22-45(38-44)46-23-14-25-48(39-46)61-64-62(49-26-15-24-47(40-49)50-31-16-32-54-53-29-7-11-36-59(53)68-60(50)54)66-63(65-61)55-30-6-10-35-58(55)67-56-33-8-4-27-51(56)52-28-5-9-34-57(52)67/h1-40H/i4D,5D,7D,8D,16D,27D,28D,29D,32D,33D,34D,36D. The average molecular weight is 897 g/mol. The minimum atomic E-state index is -0.511. The highest BCUT2D eigenvalue weighted by molar-refractivity contribution is 7.26. The highest BCUT2D eigenvalue weighted by Crippen LogP contribution is 2.42. The first-order valence-corrected chi connectivity index (χ1v) is 22.7. The van der Waals surface area contributed by atoms with Crippen molar-refractivity contribution in [3.05, 3.63) is 242 Å². The first-order valence-electron chi connectivity index (χ1n) is 27.9. The van der Waals surface area contributed by atoms with Crippen LogP contribution in [0.1, 0.15) is 16.4 Å². The summed E-state index contributed by atoms with van der Waals surface area (Å²) >= 11 is 1.24. The number of para-hydroxylation sites is 3. The second-order valence-corrected chi connectivity index (χ2v) is 17.3. The predicted octanol–water partition coefficient (Wildman–Crippen LogP) is 17.0. The van der Waals surface area contributed by atoms with Crippen molar-refractivity contribution in [2.24, 2.45) is 0 Å². The average Bonchev–Trinajstić information content (AvgIpc) is 4.24. The maximum atomic E-state index is 9.27. The van der Waals surface area contributed by atoms with Gasteiger partial charge in [-0.25, -0.2) is 15.0 Å². The lowest BCUT2D eigenvalue weighted by Crippen LogP contribution is -2.03. The molecule has 318 valence electrons. The van der Waals surface area contributed by atoms with Crippen molar-refractivity contribution in [2.75, 3.05) is 0 Å². The lowest BCUT2D eigenvalue weighted by molar-refractivity contribution is 1.06. The number of rotatable bonds is 8. The summed E-state index contributed by atoms with van der Waals surface area (Å²) in [5, 5.41) is 0.677. The predicted molar refractivity (Wildman–Crippen MR) is 285 cm³/mol. The summed E-state index contributed by atoms with van der Waals surface area (Å²) in [6.45, 7) is 0. The summed E-state index contributed by atoms with van der Waals surface area (Å²) in [7, 11) is 0. The van der Waals surface area contributed by atoms with E-state index in [1.165, 1.54) is 23.5 Å². The third kappa shape index (κ3) is 6.96. The van der Waals surface area contributed by atoms with E-state index in [9.17, 15) is 2.74 Å². The maximum Gasteiger partial charge on any atom is 0.166 e. The molecule has 0 N–H and O–H groups in total. The Morgan fingerprint density at radius 3 is 1.56 bits per heavy atom. The molecular formula is C63H40N4S. The van der Waals surface area contributed by atoms with Gasteiger partial charge in [0.25, 0.3) is 0 Å². The number of fused-ring (bicyclic) bond motifs is 6. The Balaban J connectivity index is 1.02. The lowest BCUT2D eigenvalue weighted by atomic mass is 9.95. The molecule has 13 rings (SSSR count). The van der Waals surface area contributed by atoms with E-state index < -0.39 is 24.2 Å². The largest absolute Gasteiger partial charge is 0.309 e. The van der Waals surface area contributed by atoms with Gasteiger partial charge < -0.3 is 4.57 Å². The van der Waals surface area contributed by atoms with Gasteiger partial charge in [-0.3, -0.25) is 0 Å². The molecule has 5 heteroatoms. The Labute approximate surface area is 414 Å².